The van der Waals surface area contributed by atoms with Crippen molar-refractivity contribution in [2.75, 3.05) is 26.2 Å². The first kappa shape index (κ1) is 13.4. The van der Waals surface area contributed by atoms with Gasteiger partial charge in [-0.05, 0) is 17.8 Å². The third-order valence-electron chi connectivity index (χ3n) is 5.03. The Kier molecular flexibility index (Phi) is 3.15. The maximum atomic E-state index is 9.72. The minimum absolute atomic E-state index is 0.158. The van der Waals surface area contributed by atoms with Crippen molar-refractivity contribution in [3.63, 3.8) is 0 Å². The maximum Gasteiger partial charge on any atom is 0.0785 e. The molecule has 1 saturated carbocycles. The van der Waals surface area contributed by atoms with Crippen LogP contribution in [0.25, 0.3) is 0 Å². The molecule has 1 aliphatic heterocycles. The lowest BCUT2D eigenvalue weighted by Crippen LogP contribution is -2.54. The molecule has 1 N–H and O–H groups in total. The van der Waals surface area contributed by atoms with Crippen LogP contribution < -0.4 is 0 Å². The Labute approximate surface area is 119 Å². The van der Waals surface area contributed by atoms with E-state index in [2.05, 4.69) is 23.8 Å². The number of rotatable bonds is 4. The Morgan fingerprint density at radius 3 is 2.79 bits per heavy atom. The molecule has 2 heterocycles. The Bertz CT molecular complexity index is 473. The van der Waals surface area contributed by atoms with E-state index in [1.807, 2.05) is 10.9 Å². The second-order valence-electron chi connectivity index (χ2n) is 6.90. The van der Waals surface area contributed by atoms with Gasteiger partial charge in [-0.25, -0.2) is 0 Å². The smallest absolute Gasteiger partial charge is 0.0785 e. The summed E-state index contributed by atoms with van der Waals surface area (Å²) in [5.41, 5.74) is 0.539. The van der Waals surface area contributed by atoms with Gasteiger partial charge in [0.15, 0.2) is 0 Å². The van der Waals surface area contributed by atoms with Gasteiger partial charge < -0.3 is 10.0 Å². The van der Waals surface area contributed by atoms with E-state index in [9.17, 15) is 5.11 Å². The van der Waals surface area contributed by atoms with Gasteiger partial charge in [0.05, 0.1) is 24.4 Å². The SMILES string of the molecule is CC1(C)C[C@]2(CO)CN(CCn3cc(Cl)cn3)C[C@H]12. The van der Waals surface area contributed by atoms with Crippen molar-refractivity contribution in [3.8, 4) is 0 Å². The van der Waals surface area contributed by atoms with E-state index >= 15 is 0 Å². The molecule has 1 aliphatic carbocycles. The normalized spacial score (nSPS) is 33.2. The van der Waals surface area contributed by atoms with Crippen LogP contribution in [0.4, 0.5) is 0 Å². The highest BCUT2D eigenvalue weighted by Gasteiger charge is 2.62. The molecule has 3 rings (SSSR count). The fourth-order valence-electron chi connectivity index (χ4n) is 4.32. The number of hydrogen-bond acceptors (Lipinski definition) is 3. The summed E-state index contributed by atoms with van der Waals surface area (Å²) in [5.74, 6) is 0.631. The number of fused-ring (bicyclic) bond motifs is 1. The van der Waals surface area contributed by atoms with Crippen molar-refractivity contribution in [3.05, 3.63) is 17.4 Å². The Balaban J connectivity index is 1.60. The molecule has 1 aromatic rings. The number of likely N-dealkylation sites (tertiary alicyclic amines) is 1. The summed E-state index contributed by atoms with van der Waals surface area (Å²) < 4.78 is 1.89. The van der Waals surface area contributed by atoms with Gasteiger partial charge in [0.2, 0.25) is 0 Å². The quantitative estimate of drug-likeness (QED) is 0.917. The molecule has 0 radical (unpaired) electrons. The van der Waals surface area contributed by atoms with Gasteiger partial charge in [-0.1, -0.05) is 25.4 Å². The van der Waals surface area contributed by atoms with Gasteiger partial charge in [0, 0.05) is 31.2 Å². The van der Waals surface area contributed by atoms with E-state index in [1.54, 1.807) is 6.20 Å². The van der Waals surface area contributed by atoms with Crippen LogP contribution in [-0.2, 0) is 6.54 Å². The summed E-state index contributed by atoms with van der Waals surface area (Å²) in [6.07, 6.45) is 4.68. The molecule has 1 saturated heterocycles. The molecule has 2 aliphatic rings. The van der Waals surface area contributed by atoms with Crippen LogP contribution in [0.15, 0.2) is 12.4 Å². The van der Waals surface area contributed by atoms with Crippen molar-refractivity contribution in [1.29, 1.82) is 0 Å². The summed E-state index contributed by atoms with van der Waals surface area (Å²) >= 11 is 5.86. The molecule has 0 aromatic carbocycles. The van der Waals surface area contributed by atoms with Gasteiger partial charge >= 0.3 is 0 Å². The molecule has 106 valence electrons. The van der Waals surface area contributed by atoms with Gasteiger partial charge in [0.1, 0.15) is 0 Å². The average Bonchev–Trinajstić information content (AvgIpc) is 2.89. The van der Waals surface area contributed by atoms with E-state index in [0.717, 1.165) is 32.6 Å². The molecule has 0 amide bonds. The molecule has 0 bridgehead atoms. The number of nitrogens with zero attached hydrogens (tertiary/aromatic N) is 3. The standard InChI is InChI=1S/C14H22ClN3O/c1-13(2)8-14(10-19)9-17(7-12(13)14)3-4-18-6-11(15)5-16-18/h5-6,12,19H,3-4,7-10H2,1-2H3/t12-,14-/m1/s1. The minimum atomic E-state index is 0.158. The first-order valence-electron chi connectivity index (χ1n) is 6.96. The van der Waals surface area contributed by atoms with E-state index < -0.39 is 0 Å². The molecule has 5 heteroatoms. The predicted octanol–water partition coefficient (Wildman–Crippen LogP) is 1.88. The minimum Gasteiger partial charge on any atom is -0.396 e. The molecule has 1 aromatic heterocycles. The van der Waals surface area contributed by atoms with Gasteiger partial charge in [-0.2, -0.15) is 5.10 Å². The van der Waals surface area contributed by atoms with Crippen LogP contribution in [0.2, 0.25) is 5.02 Å². The van der Waals surface area contributed by atoms with Crippen LogP contribution in [0, 0.1) is 16.7 Å². The largest absolute Gasteiger partial charge is 0.396 e. The van der Waals surface area contributed by atoms with Crippen molar-refractivity contribution < 1.29 is 5.11 Å². The van der Waals surface area contributed by atoms with E-state index in [1.165, 1.54) is 0 Å². The number of aliphatic hydroxyl groups excluding tert-OH is 1. The summed E-state index contributed by atoms with van der Waals surface area (Å²) in [5, 5.41) is 14.6. The highest BCUT2D eigenvalue weighted by molar-refractivity contribution is 6.30. The molecule has 2 fully saturated rings. The second-order valence-corrected chi connectivity index (χ2v) is 7.33. The topological polar surface area (TPSA) is 41.3 Å². The molecule has 0 unspecified atom stereocenters. The lowest BCUT2D eigenvalue weighted by atomic mass is 9.48. The number of hydrogen-bond donors (Lipinski definition) is 1. The number of aliphatic hydroxyl groups is 1. The molecular weight excluding hydrogens is 262 g/mol. The zero-order chi connectivity index (χ0) is 13.7. The summed E-state index contributed by atoms with van der Waals surface area (Å²) in [4.78, 5) is 2.46. The Morgan fingerprint density at radius 2 is 2.26 bits per heavy atom. The zero-order valence-electron chi connectivity index (χ0n) is 11.6. The maximum absolute atomic E-state index is 9.72. The third kappa shape index (κ3) is 2.20. The number of halogens is 1. The van der Waals surface area contributed by atoms with Crippen LogP contribution in [0.1, 0.15) is 20.3 Å². The molecular formula is C14H22ClN3O. The Hall–Kier alpha value is -0.580. The zero-order valence-corrected chi connectivity index (χ0v) is 12.4. The summed E-state index contributed by atoms with van der Waals surface area (Å²) in [6.45, 7) is 8.93. The van der Waals surface area contributed by atoms with Crippen LogP contribution in [-0.4, -0.2) is 46.0 Å². The van der Waals surface area contributed by atoms with Gasteiger partial charge in [0.25, 0.3) is 0 Å². The van der Waals surface area contributed by atoms with Crippen molar-refractivity contribution in [2.45, 2.75) is 26.8 Å². The van der Waals surface area contributed by atoms with E-state index in [-0.39, 0.29) is 5.41 Å². The molecule has 2 atom stereocenters. The van der Waals surface area contributed by atoms with Crippen LogP contribution >= 0.6 is 11.6 Å². The van der Waals surface area contributed by atoms with Crippen molar-refractivity contribution >= 4 is 11.6 Å². The third-order valence-corrected chi connectivity index (χ3v) is 5.23. The molecule has 4 nitrogen and oxygen atoms in total. The van der Waals surface area contributed by atoms with Crippen LogP contribution in [0.3, 0.4) is 0 Å². The first-order chi connectivity index (χ1) is 8.95. The van der Waals surface area contributed by atoms with Crippen molar-refractivity contribution in [1.82, 2.24) is 14.7 Å². The molecule has 0 spiro atoms. The monoisotopic (exact) mass is 283 g/mol. The highest BCUT2D eigenvalue weighted by Crippen LogP contribution is 2.62. The van der Waals surface area contributed by atoms with Crippen LogP contribution in [0.5, 0.6) is 0 Å². The highest BCUT2D eigenvalue weighted by atomic mass is 35.5. The van der Waals surface area contributed by atoms with E-state index in [4.69, 9.17) is 11.6 Å². The lowest BCUT2D eigenvalue weighted by molar-refractivity contribution is -0.0977. The van der Waals surface area contributed by atoms with Gasteiger partial charge in [-0.3, -0.25) is 4.68 Å². The number of aromatic nitrogens is 2. The fourth-order valence-corrected chi connectivity index (χ4v) is 4.47. The lowest BCUT2D eigenvalue weighted by Gasteiger charge is -2.56. The summed E-state index contributed by atoms with van der Waals surface area (Å²) in [7, 11) is 0. The fraction of sp³-hybridized carbons (Fsp3) is 0.786. The second kappa shape index (κ2) is 4.47. The molecule has 19 heavy (non-hydrogen) atoms. The summed E-state index contributed by atoms with van der Waals surface area (Å²) in [6, 6.07) is 0. The first-order valence-corrected chi connectivity index (χ1v) is 7.34. The van der Waals surface area contributed by atoms with E-state index in [0.29, 0.717) is 23.0 Å². The predicted molar refractivity (Wildman–Crippen MR) is 75.1 cm³/mol. The van der Waals surface area contributed by atoms with Crippen molar-refractivity contribution in [2.24, 2.45) is 16.7 Å². The average molecular weight is 284 g/mol. The van der Waals surface area contributed by atoms with Gasteiger partial charge in [-0.15, -0.1) is 0 Å². The Morgan fingerprint density at radius 1 is 1.47 bits per heavy atom.